The van der Waals surface area contributed by atoms with Crippen LogP contribution >= 0.6 is 0 Å². The minimum atomic E-state index is 0.257. The van der Waals surface area contributed by atoms with E-state index in [1.807, 2.05) is 24.3 Å². The Hall–Kier alpha value is -2.89. The van der Waals surface area contributed by atoms with Crippen molar-refractivity contribution in [3.8, 4) is 17.1 Å². The first-order valence-corrected chi connectivity index (χ1v) is 7.58. The van der Waals surface area contributed by atoms with Gasteiger partial charge in [0.05, 0.1) is 12.0 Å². The molecule has 0 bridgehead atoms. The monoisotopic (exact) mass is 310 g/mol. The summed E-state index contributed by atoms with van der Waals surface area (Å²) in [4.78, 5) is 13.5. The number of nitrogens with zero attached hydrogens (tertiary/aromatic N) is 4. The normalized spacial score (nSPS) is 10.7. The van der Waals surface area contributed by atoms with E-state index in [1.54, 1.807) is 23.1 Å². The van der Waals surface area contributed by atoms with Gasteiger partial charge in [0.25, 0.3) is 0 Å². The van der Waals surface area contributed by atoms with Crippen LogP contribution in [0.3, 0.4) is 0 Å². The van der Waals surface area contributed by atoms with Gasteiger partial charge in [0.15, 0.2) is 17.7 Å². The predicted molar refractivity (Wildman–Crippen MR) is 88.0 cm³/mol. The van der Waals surface area contributed by atoms with Crippen molar-refractivity contribution in [2.75, 3.05) is 18.0 Å². The van der Waals surface area contributed by atoms with E-state index in [-0.39, 0.29) is 5.69 Å². The van der Waals surface area contributed by atoms with Gasteiger partial charge in [-0.3, -0.25) is 4.79 Å². The third kappa shape index (κ3) is 2.75. The summed E-state index contributed by atoms with van der Waals surface area (Å²) in [6.45, 7) is 6.15. The van der Waals surface area contributed by atoms with Gasteiger partial charge in [-0.15, -0.1) is 5.10 Å². The highest BCUT2D eigenvalue weighted by molar-refractivity contribution is 5.82. The van der Waals surface area contributed by atoms with E-state index in [1.165, 1.54) is 0 Å². The fraction of sp³-hybridized carbons (Fsp3) is 0.235. The highest BCUT2D eigenvalue weighted by Crippen LogP contribution is 2.26. The van der Waals surface area contributed by atoms with Crippen molar-refractivity contribution in [2.45, 2.75) is 13.8 Å². The number of furan rings is 1. The molecule has 0 atom stereocenters. The quantitative estimate of drug-likeness (QED) is 0.654. The van der Waals surface area contributed by atoms with Crippen LogP contribution in [0, 0.1) is 0 Å². The van der Waals surface area contributed by atoms with E-state index in [2.05, 4.69) is 29.1 Å². The van der Waals surface area contributed by atoms with Gasteiger partial charge in [-0.05, 0) is 50.2 Å². The third-order valence-electron chi connectivity index (χ3n) is 3.79. The van der Waals surface area contributed by atoms with Gasteiger partial charge in [0.1, 0.15) is 5.69 Å². The summed E-state index contributed by atoms with van der Waals surface area (Å²) in [7, 11) is 0. The summed E-state index contributed by atoms with van der Waals surface area (Å²) in [5, 5.41) is 8.02. The van der Waals surface area contributed by atoms with Crippen molar-refractivity contribution in [1.82, 2.24) is 15.0 Å². The maximum Gasteiger partial charge on any atom is 0.172 e. The Morgan fingerprint density at radius 1 is 1.17 bits per heavy atom. The number of hydrogen-bond donors (Lipinski definition) is 0. The van der Waals surface area contributed by atoms with Gasteiger partial charge in [0, 0.05) is 18.8 Å². The molecule has 3 aromatic rings. The molecule has 0 saturated heterocycles. The Morgan fingerprint density at radius 3 is 2.48 bits per heavy atom. The number of hydrogen-bond acceptors (Lipinski definition) is 5. The van der Waals surface area contributed by atoms with Crippen molar-refractivity contribution in [2.24, 2.45) is 0 Å². The Morgan fingerprint density at radius 2 is 1.91 bits per heavy atom. The number of rotatable bonds is 6. The first kappa shape index (κ1) is 15.0. The molecule has 6 heteroatoms. The Kier molecular flexibility index (Phi) is 4.23. The summed E-state index contributed by atoms with van der Waals surface area (Å²) in [6, 6.07) is 11.6. The Balaban J connectivity index is 2.03. The number of aldehydes is 1. The molecule has 118 valence electrons. The van der Waals surface area contributed by atoms with Crippen LogP contribution in [0.15, 0.2) is 47.1 Å². The van der Waals surface area contributed by atoms with Crippen molar-refractivity contribution in [3.05, 3.63) is 48.4 Å². The topological polar surface area (TPSA) is 64.2 Å². The van der Waals surface area contributed by atoms with Gasteiger partial charge in [-0.2, -0.15) is 0 Å². The second-order valence-electron chi connectivity index (χ2n) is 5.02. The minimum Gasteiger partial charge on any atom is -0.463 e. The molecule has 0 aliphatic heterocycles. The van der Waals surface area contributed by atoms with Crippen molar-refractivity contribution >= 4 is 12.0 Å². The van der Waals surface area contributed by atoms with E-state index in [0.717, 1.165) is 24.5 Å². The van der Waals surface area contributed by atoms with Gasteiger partial charge >= 0.3 is 0 Å². The highest BCUT2D eigenvalue weighted by Gasteiger charge is 2.18. The van der Waals surface area contributed by atoms with Crippen molar-refractivity contribution in [3.63, 3.8) is 0 Å². The Labute approximate surface area is 134 Å². The maximum absolute atomic E-state index is 11.2. The number of carbonyl (C=O) groups excluding carboxylic acids is 1. The lowest BCUT2D eigenvalue weighted by Crippen LogP contribution is -2.21. The largest absolute Gasteiger partial charge is 0.463 e. The van der Waals surface area contributed by atoms with Crippen LogP contribution < -0.4 is 4.90 Å². The summed E-state index contributed by atoms with van der Waals surface area (Å²) >= 11 is 0. The number of anilines is 1. The van der Waals surface area contributed by atoms with Crippen LogP contribution in [0.4, 0.5) is 5.69 Å². The minimum absolute atomic E-state index is 0.257. The van der Waals surface area contributed by atoms with Gasteiger partial charge in [0.2, 0.25) is 0 Å². The fourth-order valence-corrected chi connectivity index (χ4v) is 2.59. The smallest absolute Gasteiger partial charge is 0.172 e. The molecule has 0 unspecified atom stereocenters. The first-order valence-electron chi connectivity index (χ1n) is 7.58. The standard InChI is InChI=1S/C17H18N4O2/c1-3-20(4-2)13-7-9-14(10-8-13)21-17(15(12-22)18-19-21)16-6-5-11-23-16/h5-12H,3-4H2,1-2H3. The zero-order chi connectivity index (χ0) is 16.2. The molecule has 0 aliphatic carbocycles. The van der Waals surface area contributed by atoms with E-state index >= 15 is 0 Å². The zero-order valence-corrected chi connectivity index (χ0v) is 13.1. The molecule has 23 heavy (non-hydrogen) atoms. The number of carbonyl (C=O) groups is 1. The Bertz CT molecular complexity index is 772. The zero-order valence-electron chi connectivity index (χ0n) is 13.1. The maximum atomic E-state index is 11.2. The molecule has 6 nitrogen and oxygen atoms in total. The first-order chi connectivity index (χ1) is 11.3. The van der Waals surface area contributed by atoms with Crippen molar-refractivity contribution in [1.29, 1.82) is 0 Å². The van der Waals surface area contributed by atoms with Gasteiger partial charge in [-0.1, -0.05) is 5.21 Å². The van der Waals surface area contributed by atoms with E-state index in [4.69, 9.17) is 4.42 Å². The van der Waals surface area contributed by atoms with Crippen LogP contribution in [0.2, 0.25) is 0 Å². The van der Waals surface area contributed by atoms with Gasteiger partial charge < -0.3 is 9.32 Å². The molecular weight excluding hydrogens is 292 g/mol. The summed E-state index contributed by atoms with van der Waals surface area (Å²) in [5.41, 5.74) is 2.79. The molecule has 0 spiro atoms. The molecule has 2 heterocycles. The molecule has 3 rings (SSSR count). The van der Waals surface area contributed by atoms with E-state index in [9.17, 15) is 4.79 Å². The second kappa shape index (κ2) is 6.48. The lowest BCUT2D eigenvalue weighted by Gasteiger charge is -2.21. The second-order valence-corrected chi connectivity index (χ2v) is 5.02. The van der Waals surface area contributed by atoms with Crippen LogP contribution in [0.1, 0.15) is 24.3 Å². The third-order valence-corrected chi connectivity index (χ3v) is 3.79. The van der Waals surface area contributed by atoms with Crippen LogP contribution in [0.5, 0.6) is 0 Å². The lowest BCUT2D eigenvalue weighted by atomic mass is 10.2. The van der Waals surface area contributed by atoms with E-state index < -0.39 is 0 Å². The van der Waals surface area contributed by atoms with E-state index in [0.29, 0.717) is 17.7 Å². The summed E-state index contributed by atoms with van der Waals surface area (Å²) in [6.07, 6.45) is 2.25. The number of benzene rings is 1. The average molecular weight is 310 g/mol. The summed E-state index contributed by atoms with van der Waals surface area (Å²) in [5.74, 6) is 0.560. The fourth-order valence-electron chi connectivity index (χ4n) is 2.59. The molecule has 0 fully saturated rings. The SMILES string of the molecule is CCN(CC)c1ccc(-n2nnc(C=O)c2-c2ccco2)cc1. The highest BCUT2D eigenvalue weighted by atomic mass is 16.3. The molecular formula is C17H18N4O2. The van der Waals surface area contributed by atoms with Crippen LogP contribution in [0.25, 0.3) is 17.1 Å². The van der Waals surface area contributed by atoms with Gasteiger partial charge in [-0.25, -0.2) is 4.68 Å². The number of aromatic nitrogens is 3. The molecule has 0 aliphatic rings. The van der Waals surface area contributed by atoms with Crippen LogP contribution in [-0.4, -0.2) is 34.4 Å². The molecule has 0 amide bonds. The predicted octanol–water partition coefficient (Wildman–Crippen LogP) is 3.19. The molecule has 1 aromatic carbocycles. The molecule has 0 saturated carbocycles. The summed E-state index contributed by atoms with van der Waals surface area (Å²) < 4.78 is 7.03. The molecule has 0 radical (unpaired) electrons. The van der Waals surface area contributed by atoms with Crippen molar-refractivity contribution < 1.29 is 9.21 Å². The lowest BCUT2D eigenvalue weighted by molar-refractivity contribution is 0.111. The molecule has 0 N–H and O–H groups in total. The average Bonchev–Trinajstić information content (AvgIpc) is 3.25. The van der Waals surface area contributed by atoms with Crippen LogP contribution in [-0.2, 0) is 0 Å². The molecule has 2 aromatic heterocycles.